The van der Waals surface area contributed by atoms with Crippen molar-refractivity contribution in [2.24, 2.45) is 0 Å². The van der Waals surface area contributed by atoms with Gasteiger partial charge < -0.3 is 20.9 Å². The van der Waals surface area contributed by atoms with Gasteiger partial charge in [0, 0.05) is 44.0 Å². The van der Waals surface area contributed by atoms with Gasteiger partial charge in [-0.05, 0) is 54.8 Å². The van der Waals surface area contributed by atoms with Gasteiger partial charge in [0.2, 0.25) is 11.8 Å². The molecule has 2 rings (SSSR count). The molecule has 0 aliphatic rings. The highest BCUT2D eigenvalue weighted by molar-refractivity contribution is 5.96. The molecule has 30 heavy (non-hydrogen) atoms. The van der Waals surface area contributed by atoms with Crippen molar-refractivity contribution in [1.82, 2.24) is 10.2 Å². The summed E-state index contributed by atoms with van der Waals surface area (Å²) in [7, 11) is 3.49. The summed E-state index contributed by atoms with van der Waals surface area (Å²) in [5.74, 6) is -0.225. The van der Waals surface area contributed by atoms with E-state index in [1.54, 1.807) is 43.3 Å². The zero-order valence-corrected chi connectivity index (χ0v) is 17.8. The molecule has 7 heteroatoms. The predicted molar refractivity (Wildman–Crippen MR) is 120 cm³/mol. The van der Waals surface area contributed by atoms with E-state index in [0.717, 1.165) is 17.7 Å². The Bertz CT molecular complexity index is 863. The average molecular weight is 411 g/mol. The molecule has 3 N–H and O–H groups in total. The molecule has 2 aromatic rings. The van der Waals surface area contributed by atoms with Crippen LogP contribution < -0.4 is 16.0 Å². The van der Waals surface area contributed by atoms with E-state index >= 15 is 0 Å². The summed E-state index contributed by atoms with van der Waals surface area (Å²) in [4.78, 5) is 37.4. The summed E-state index contributed by atoms with van der Waals surface area (Å²) in [6.45, 7) is 2.74. The largest absolute Gasteiger partial charge is 0.376 e. The van der Waals surface area contributed by atoms with Crippen molar-refractivity contribution < 1.29 is 14.4 Å². The summed E-state index contributed by atoms with van der Waals surface area (Å²) in [5, 5.41) is 8.72. The zero-order valence-electron chi connectivity index (χ0n) is 17.8. The lowest BCUT2D eigenvalue weighted by atomic mass is 10.1. The first-order valence-electron chi connectivity index (χ1n) is 10.1. The third-order valence-electron chi connectivity index (χ3n) is 4.47. The molecule has 0 fully saturated rings. The van der Waals surface area contributed by atoms with E-state index in [4.69, 9.17) is 0 Å². The second-order valence-corrected chi connectivity index (χ2v) is 7.22. The fraction of sp³-hybridized carbons (Fsp3) is 0.348. The normalized spacial score (nSPS) is 10.2. The molecule has 2 aromatic carbocycles. The number of hydrogen-bond acceptors (Lipinski definition) is 4. The smallest absolute Gasteiger partial charge is 0.251 e. The minimum absolute atomic E-state index is 0.0848. The molecule has 0 spiro atoms. The summed E-state index contributed by atoms with van der Waals surface area (Å²) >= 11 is 0. The van der Waals surface area contributed by atoms with E-state index in [1.807, 2.05) is 31.2 Å². The first kappa shape index (κ1) is 22.9. The Labute approximate surface area is 177 Å². The Morgan fingerprint density at radius 2 is 1.70 bits per heavy atom. The maximum atomic E-state index is 12.2. The van der Waals surface area contributed by atoms with E-state index in [9.17, 15) is 14.4 Å². The molecule has 0 saturated carbocycles. The van der Waals surface area contributed by atoms with Crippen LogP contribution in [0.5, 0.6) is 0 Å². The number of benzene rings is 2. The van der Waals surface area contributed by atoms with Gasteiger partial charge in [-0.25, -0.2) is 0 Å². The van der Waals surface area contributed by atoms with Crippen LogP contribution in [0.4, 0.5) is 11.4 Å². The van der Waals surface area contributed by atoms with E-state index in [-0.39, 0.29) is 24.3 Å². The van der Waals surface area contributed by atoms with Crippen LogP contribution in [0, 0.1) is 0 Å². The lowest BCUT2D eigenvalue weighted by molar-refractivity contribution is -0.128. The van der Waals surface area contributed by atoms with Crippen molar-refractivity contribution in [2.45, 2.75) is 26.2 Å². The van der Waals surface area contributed by atoms with Crippen molar-refractivity contribution in [3.8, 4) is 0 Å². The number of carbonyl (C=O) groups excluding carboxylic acids is 3. The van der Waals surface area contributed by atoms with Crippen LogP contribution in [0.1, 0.15) is 35.7 Å². The van der Waals surface area contributed by atoms with E-state index in [2.05, 4.69) is 16.0 Å². The Balaban J connectivity index is 1.82. The number of rotatable bonds is 10. The van der Waals surface area contributed by atoms with Crippen LogP contribution in [-0.4, -0.2) is 49.8 Å². The quantitative estimate of drug-likeness (QED) is 0.562. The van der Waals surface area contributed by atoms with Crippen LogP contribution in [-0.2, 0) is 16.0 Å². The molecule has 0 saturated heterocycles. The number of nitrogens with zero attached hydrogens (tertiary/aromatic N) is 1. The van der Waals surface area contributed by atoms with Crippen LogP contribution in [0.3, 0.4) is 0 Å². The van der Waals surface area contributed by atoms with Crippen LogP contribution in [0.15, 0.2) is 48.5 Å². The maximum Gasteiger partial charge on any atom is 0.251 e. The fourth-order valence-corrected chi connectivity index (χ4v) is 2.74. The van der Waals surface area contributed by atoms with Gasteiger partial charge in [0.05, 0.1) is 6.54 Å². The highest BCUT2D eigenvalue weighted by atomic mass is 16.2. The molecule has 0 radical (unpaired) electrons. The number of amides is 3. The number of anilines is 2. The predicted octanol–water partition coefficient (Wildman–Crippen LogP) is 2.90. The highest BCUT2D eigenvalue weighted by Crippen LogP contribution is 2.13. The fourth-order valence-electron chi connectivity index (χ4n) is 2.74. The second kappa shape index (κ2) is 11.6. The van der Waals surface area contributed by atoms with Gasteiger partial charge in [-0.2, -0.15) is 0 Å². The standard InChI is InChI=1S/C23H30N4O3/c1-4-14-24-23(30)18-9-11-19(12-10-18)26-21(28)16-25-20-7-5-6-17(15-20)8-13-22(29)27(2)3/h5-7,9-12,15,25H,4,8,13-14,16H2,1-3H3,(H,24,30)(H,26,28). The number of aryl methyl sites for hydroxylation is 1. The van der Waals surface area contributed by atoms with Gasteiger partial charge in [0.1, 0.15) is 0 Å². The van der Waals surface area contributed by atoms with E-state index in [1.165, 1.54) is 0 Å². The third kappa shape index (κ3) is 7.58. The topological polar surface area (TPSA) is 90.5 Å². The second-order valence-electron chi connectivity index (χ2n) is 7.22. The minimum Gasteiger partial charge on any atom is -0.376 e. The molecule has 7 nitrogen and oxygen atoms in total. The van der Waals surface area contributed by atoms with Gasteiger partial charge in [-0.3, -0.25) is 14.4 Å². The maximum absolute atomic E-state index is 12.2. The molecule has 0 heterocycles. The molecular formula is C23H30N4O3. The Morgan fingerprint density at radius 3 is 2.37 bits per heavy atom. The van der Waals surface area contributed by atoms with Gasteiger partial charge in [0.25, 0.3) is 5.91 Å². The van der Waals surface area contributed by atoms with Crippen molar-refractivity contribution in [1.29, 1.82) is 0 Å². The molecule has 0 unspecified atom stereocenters. The molecule has 0 atom stereocenters. The highest BCUT2D eigenvalue weighted by Gasteiger charge is 2.07. The van der Waals surface area contributed by atoms with Crippen LogP contribution in [0.25, 0.3) is 0 Å². The zero-order chi connectivity index (χ0) is 21.9. The monoisotopic (exact) mass is 410 g/mol. The Kier molecular flexibility index (Phi) is 8.87. The lowest BCUT2D eigenvalue weighted by Crippen LogP contribution is -2.24. The molecule has 0 aromatic heterocycles. The Morgan fingerprint density at radius 1 is 0.967 bits per heavy atom. The summed E-state index contributed by atoms with van der Waals surface area (Å²) < 4.78 is 0. The van der Waals surface area contributed by atoms with E-state index in [0.29, 0.717) is 30.6 Å². The van der Waals surface area contributed by atoms with Crippen LogP contribution in [0.2, 0.25) is 0 Å². The van der Waals surface area contributed by atoms with Crippen LogP contribution >= 0.6 is 0 Å². The molecule has 0 aliphatic carbocycles. The van der Waals surface area contributed by atoms with Crippen molar-refractivity contribution in [3.63, 3.8) is 0 Å². The molecule has 160 valence electrons. The molecular weight excluding hydrogens is 380 g/mol. The molecule has 3 amide bonds. The molecule has 0 aliphatic heterocycles. The summed E-state index contributed by atoms with van der Waals surface area (Å²) in [5.41, 5.74) is 3.05. The lowest BCUT2D eigenvalue weighted by Gasteiger charge is -2.11. The SMILES string of the molecule is CCCNC(=O)c1ccc(NC(=O)CNc2cccc(CCC(=O)N(C)C)c2)cc1. The Hall–Kier alpha value is -3.35. The van der Waals surface area contributed by atoms with Gasteiger partial charge in [-0.15, -0.1) is 0 Å². The van der Waals surface area contributed by atoms with Crippen molar-refractivity contribution in [3.05, 3.63) is 59.7 Å². The summed E-state index contributed by atoms with van der Waals surface area (Å²) in [6, 6.07) is 14.5. The first-order valence-corrected chi connectivity index (χ1v) is 10.1. The summed E-state index contributed by atoms with van der Waals surface area (Å²) in [6.07, 6.45) is 1.98. The van der Waals surface area contributed by atoms with E-state index < -0.39 is 0 Å². The van der Waals surface area contributed by atoms with Gasteiger partial charge >= 0.3 is 0 Å². The first-order chi connectivity index (χ1) is 14.4. The van der Waals surface area contributed by atoms with Gasteiger partial charge in [0.15, 0.2) is 0 Å². The molecule has 0 bridgehead atoms. The van der Waals surface area contributed by atoms with Crippen molar-refractivity contribution in [2.75, 3.05) is 37.8 Å². The minimum atomic E-state index is -0.189. The van der Waals surface area contributed by atoms with Gasteiger partial charge in [-0.1, -0.05) is 19.1 Å². The third-order valence-corrected chi connectivity index (χ3v) is 4.47. The average Bonchev–Trinajstić information content (AvgIpc) is 2.75. The number of nitrogens with one attached hydrogen (secondary N) is 3. The van der Waals surface area contributed by atoms with Crippen molar-refractivity contribution >= 4 is 29.1 Å². The number of hydrogen-bond donors (Lipinski definition) is 3. The number of carbonyl (C=O) groups is 3.